The van der Waals surface area contributed by atoms with Gasteiger partial charge in [-0.05, 0) is 17.7 Å². The molecule has 0 unspecified atom stereocenters. The summed E-state index contributed by atoms with van der Waals surface area (Å²) < 4.78 is 0. The van der Waals surface area contributed by atoms with Crippen molar-refractivity contribution in [2.24, 2.45) is 0 Å². The van der Waals surface area contributed by atoms with E-state index in [1.165, 1.54) is 0 Å². The second kappa shape index (κ2) is 2.79. The normalized spacial score (nSPS) is 21.4. The fourth-order valence-electron chi connectivity index (χ4n) is 1.25. The average Bonchev–Trinajstić information content (AvgIpc) is 2.01. The first-order valence-corrected chi connectivity index (χ1v) is 4.18. The number of benzene rings is 1. The van der Waals surface area contributed by atoms with Gasteiger partial charge in [-0.1, -0.05) is 23.7 Å². The highest BCUT2D eigenvalue weighted by atomic mass is 35.5. The molecule has 2 nitrogen and oxygen atoms in total. The lowest BCUT2D eigenvalue weighted by atomic mass is 9.98. The lowest BCUT2D eigenvalue weighted by Gasteiger charge is -2.27. The molecule has 1 saturated heterocycles. The zero-order chi connectivity index (χ0) is 8.55. The number of carbonyl (C=O) groups is 1. The molecule has 0 aromatic heterocycles. The summed E-state index contributed by atoms with van der Waals surface area (Å²) in [5.41, 5.74) is 1.12. The van der Waals surface area contributed by atoms with E-state index in [0.717, 1.165) is 10.6 Å². The van der Waals surface area contributed by atoms with Crippen molar-refractivity contribution in [2.75, 3.05) is 0 Å². The molecule has 1 atom stereocenters. The van der Waals surface area contributed by atoms with Crippen LogP contribution >= 0.6 is 11.6 Å². The van der Waals surface area contributed by atoms with Gasteiger partial charge in [-0.15, -0.1) is 0 Å². The van der Waals surface area contributed by atoms with Gasteiger partial charge in [0, 0.05) is 5.02 Å². The summed E-state index contributed by atoms with van der Waals surface area (Å²) in [7, 11) is 0. The van der Waals surface area contributed by atoms with E-state index in [-0.39, 0.29) is 11.9 Å². The summed E-state index contributed by atoms with van der Waals surface area (Å²) in [5.74, 6) is 0.120. The number of hydrogen-bond acceptors (Lipinski definition) is 1. The summed E-state index contributed by atoms with van der Waals surface area (Å²) in [4.78, 5) is 10.6. The van der Waals surface area contributed by atoms with Crippen LogP contribution in [0.4, 0.5) is 0 Å². The average molecular weight is 182 g/mol. The molecule has 1 aliphatic heterocycles. The van der Waals surface area contributed by atoms with Gasteiger partial charge in [0.25, 0.3) is 0 Å². The Morgan fingerprint density at radius 1 is 1.33 bits per heavy atom. The molecule has 62 valence electrons. The van der Waals surface area contributed by atoms with Crippen LogP contribution in [0.1, 0.15) is 18.0 Å². The molecule has 0 saturated carbocycles. The quantitative estimate of drug-likeness (QED) is 0.659. The first-order chi connectivity index (χ1) is 5.75. The molecular formula is C9H8ClNO. The molecule has 1 amide bonds. The van der Waals surface area contributed by atoms with Crippen LogP contribution in [0.3, 0.4) is 0 Å². The maximum absolute atomic E-state index is 10.6. The van der Waals surface area contributed by atoms with Crippen LogP contribution in [0.2, 0.25) is 5.02 Å². The molecule has 0 bridgehead atoms. The number of halogens is 1. The molecule has 1 aliphatic rings. The lowest BCUT2D eigenvalue weighted by molar-refractivity contribution is -0.128. The minimum absolute atomic E-state index is 0.120. The number of rotatable bonds is 1. The molecule has 0 radical (unpaired) electrons. The van der Waals surface area contributed by atoms with Gasteiger partial charge < -0.3 is 5.32 Å². The van der Waals surface area contributed by atoms with Crippen LogP contribution in [-0.4, -0.2) is 5.91 Å². The van der Waals surface area contributed by atoms with Crippen LogP contribution in [0.15, 0.2) is 24.3 Å². The molecule has 0 aliphatic carbocycles. The van der Waals surface area contributed by atoms with Gasteiger partial charge >= 0.3 is 0 Å². The van der Waals surface area contributed by atoms with Crippen molar-refractivity contribution >= 4 is 17.5 Å². The van der Waals surface area contributed by atoms with Gasteiger partial charge in [-0.3, -0.25) is 4.79 Å². The minimum Gasteiger partial charge on any atom is -0.349 e. The van der Waals surface area contributed by atoms with Gasteiger partial charge in [0.05, 0.1) is 12.5 Å². The molecule has 3 heteroatoms. The third-order valence-electron chi connectivity index (χ3n) is 2.00. The maximum Gasteiger partial charge on any atom is 0.222 e. The Morgan fingerprint density at radius 3 is 2.42 bits per heavy atom. The largest absolute Gasteiger partial charge is 0.349 e. The number of nitrogens with one attached hydrogen (secondary N) is 1. The summed E-state index contributed by atoms with van der Waals surface area (Å²) in [6.45, 7) is 0. The van der Waals surface area contributed by atoms with Crippen molar-refractivity contribution in [1.82, 2.24) is 5.32 Å². The van der Waals surface area contributed by atoms with E-state index in [0.29, 0.717) is 6.42 Å². The van der Waals surface area contributed by atoms with Gasteiger partial charge in [-0.2, -0.15) is 0 Å². The molecule has 12 heavy (non-hydrogen) atoms. The minimum atomic E-state index is 0.120. The van der Waals surface area contributed by atoms with Crippen molar-refractivity contribution in [3.8, 4) is 0 Å². The topological polar surface area (TPSA) is 29.1 Å². The van der Waals surface area contributed by atoms with E-state index in [4.69, 9.17) is 11.6 Å². The molecule has 1 N–H and O–H groups in total. The predicted molar refractivity (Wildman–Crippen MR) is 47.0 cm³/mol. The SMILES string of the molecule is O=C1C[C@H](c2ccc(Cl)cc2)N1. The third kappa shape index (κ3) is 1.30. The Kier molecular flexibility index (Phi) is 1.77. The highest BCUT2D eigenvalue weighted by Gasteiger charge is 2.26. The van der Waals surface area contributed by atoms with Crippen LogP contribution in [0, 0.1) is 0 Å². The number of carbonyl (C=O) groups excluding carboxylic acids is 1. The third-order valence-corrected chi connectivity index (χ3v) is 2.25. The van der Waals surface area contributed by atoms with E-state index in [9.17, 15) is 4.79 Å². The summed E-state index contributed by atoms with van der Waals surface area (Å²) in [6.07, 6.45) is 0.599. The summed E-state index contributed by atoms with van der Waals surface area (Å²) in [6, 6.07) is 7.75. The van der Waals surface area contributed by atoms with Crippen molar-refractivity contribution in [3.05, 3.63) is 34.9 Å². The van der Waals surface area contributed by atoms with Crippen molar-refractivity contribution < 1.29 is 4.79 Å². The predicted octanol–water partition coefficient (Wildman–Crippen LogP) is 1.90. The zero-order valence-corrected chi connectivity index (χ0v) is 7.14. The Labute approximate surface area is 75.5 Å². The van der Waals surface area contributed by atoms with Crippen molar-refractivity contribution in [3.63, 3.8) is 0 Å². The van der Waals surface area contributed by atoms with Crippen LogP contribution in [-0.2, 0) is 4.79 Å². The molecule has 1 heterocycles. The Balaban J connectivity index is 2.14. The number of β-lactam (4-membered cyclic amide) rings is 1. The lowest BCUT2D eigenvalue weighted by Crippen LogP contribution is -2.41. The van der Waals surface area contributed by atoms with E-state index in [1.54, 1.807) is 0 Å². The second-order valence-corrected chi connectivity index (χ2v) is 3.31. The summed E-state index contributed by atoms with van der Waals surface area (Å²) >= 11 is 5.72. The maximum atomic E-state index is 10.6. The molecule has 1 aromatic rings. The molecular weight excluding hydrogens is 174 g/mol. The Morgan fingerprint density at radius 2 is 1.92 bits per heavy atom. The second-order valence-electron chi connectivity index (χ2n) is 2.88. The van der Waals surface area contributed by atoms with Crippen LogP contribution in [0.25, 0.3) is 0 Å². The van der Waals surface area contributed by atoms with E-state index in [1.807, 2.05) is 24.3 Å². The van der Waals surface area contributed by atoms with Gasteiger partial charge in [0.15, 0.2) is 0 Å². The number of amides is 1. The molecule has 2 rings (SSSR count). The first-order valence-electron chi connectivity index (χ1n) is 3.80. The van der Waals surface area contributed by atoms with Crippen molar-refractivity contribution in [1.29, 1.82) is 0 Å². The fraction of sp³-hybridized carbons (Fsp3) is 0.222. The van der Waals surface area contributed by atoms with Gasteiger partial charge in [-0.25, -0.2) is 0 Å². The van der Waals surface area contributed by atoms with E-state index < -0.39 is 0 Å². The summed E-state index contributed by atoms with van der Waals surface area (Å²) in [5, 5.41) is 3.52. The Bertz CT molecular complexity index is 299. The number of hydrogen-bond donors (Lipinski definition) is 1. The van der Waals surface area contributed by atoms with Crippen molar-refractivity contribution in [2.45, 2.75) is 12.5 Å². The molecule has 1 aromatic carbocycles. The van der Waals surface area contributed by atoms with Crippen LogP contribution < -0.4 is 5.32 Å². The van der Waals surface area contributed by atoms with Gasteiger partial charge in [0.2, 0.25) is 5.91 Å². The van der Waals surface area contributed by atoms with E-state index in [2.05, 4.69) is 5.32 Å². The van der Waals surface area contributed by atoms with Gasteiger partial charge in [0.1, 0.15) is 0 Å². The molecule has 0 spiro atoms. The van der Waals surface area contributed by atoms with E-state index >= 15 is 0 Å². The zero-order valence-electron chi connectivity index (χ0n) is 6.38. The highest BCUT2D eigenvalue weighted by molar-refractivity contribution is 6.30. The smallest absolute Gasteiger partial charge is 0.222 e. The molecule has 1 fully saturated rings. The first kappa shape index (κ1) is 7.62. The Hall–Kier alpha value is -1.02. The standard InChI is InChI=1S/C9H8ClNO/c10-7-3-1-6(2-4-7)8-5-9(12)11-8/h1-4,8H,5H2,(H,11,12)/t8-/m1/s1. The monoisotopic (exact) mass is 181 g/mol. The van der Waals surface area contributed by atoms with Crippen LogP contribution in [0.5, 0.6) is 0 Å². The highest BCUT2D eigenvalue weighted by Crippen LogP contribution is 2.24. The fourth-order valence-corrected chi connectivity index (χ4v) is 1.38.